The molecule has 1 heterocycles. The molecule has 27 heavy (non-hydrogen) atoms. The molecule has 1 aliphatic heterocycles. The Balaban J connectivity index is 2.70. The van der Waals surface area contributed by atoms with Crippen LogP contribution in [0.25, 0.3) is 0 Å². The number of nitrogens with one attached hydrogen (secondary N) is 4. The van der Waals surface area contributed by atoms with Crippen LogP contribution in [-0.4, -0.2) is 65.3 Å². The Labute approximate surface area is 164 Å². The average molecular weight is 403 g/mol. The van der Waals surface area contributed by atoms with Gasteiger partial charge in [-0.05, 0) is 32.2 Å². The van der Waals surface area contributed by atoms with Gasteiger partial charge in [-0.1, -0.05) is 20.3 Å². The molecule has 0 aromatic rings. The highest BCUT2D eigenvalue weighted by atomic mass is 32.1. The maximum Gasteiger partial charge on any atom is 0.327 e. The zero-order valence-corrected chi connectivity index (χ0v) is 16.8. The molecule has 0 radical (unpaired) electrons. The van der Waals surface area contributed by atoms with Crippen molar-refractivity contribution in [3.8, 4) is 0 Å². The molecule has 5 unspecified atom stereocenters. The second-order valence-corrected chi connectivity index (χ2v) is 7.20. The van der Waals surface area contributed by atoms with Gasteiger partial charge in [-0.15, -0.1) is 0 Å². The third-order valence-electron chi connectivity index (χ3n) is 4.72. The summed E-state index contributed by atoms with van der Waals surface area (Å²) in [6, 6.07) is -3.18. The van der Waals surface area contributed by atoms with Crippen LogP contribution in [-0.2, 0) is 19.2 Å². The van der Waals surface area contributed by atoms with Gasteiger partial charge in [0.25, 0.3) is 0 Å². The van der Waals surface area contributed by atoms with Crippen LogP contribution in [0.3, 0.4) is 0 Å². The molecular weight excluding hydrogens is 372 g/mol. The van der Waals surface area contributed by atoms with Gasteiger partial charge >= 0.3 is 5.97 Å². The smallest absolute Gasteiger partial charge is 0.327 e. The first-order valence-corrected chi connectivity index (χ1v) is 9.82. The van der Waals surface area contributed by atoms with Crippen molar-refractivity contribution in [3.05, 3.63) is 0 Å². The molecule has 0 aromatic carbocycles. The number of carbonyl (C=O) groups excluding carboxylic acids is 3. The van der Waals surface area contributed by atoms with Gasteiger partial charge in [-0.3, -0.25) is 14.4 Å². The SMILES string of the molecule is CCC(C)C(NC(=O)C(C)NC(=O)C1CCCN1)C(=O)NC(CS)C(=O)O. The van der Waals surface area contributed by atoms with Crippen LogP contribution in [0, 0.1) is 5.92 Å². The van der Waals surface area contributed by atoms with E-state index in [1.165, 1.54) is 0 Å². The Morgan fingerprint density at radius 2 is 1.81 bits per heavy atom. The molecule has 3 amide bonds. The van der Waals surface area contributed by atoms with Gasteiger partial charge in [0.15, 0.2) is 0 Å². The molecule has 0 saturated carbocycles. The van der Waals surface area contributed by atoms with Crippen LogP contribution >= 0.6 is 12.6 Å². The minimum atomic E-state index is -1.20. The monoisotopic (exact) mass is 402 g/mol. The van der Waals surface area contributed by atoms with E-state index in [0.717, 1.165) is 19.4 Å². The molecule has 1 rings (SSSR count). The van der Waals surface area contributed by atoms with Gasteiger partial charge in [0.05, 0.1) is 6.04 Å². The van der Waals surface area contributed by atoms with E-state index in [1.54, 1.807) is 13.8 Å². The Morgan fingerprint density at radius 3 is 2.30 bits per heavy atom. The number of hydrogen-bond donors (Lipinski definition) is 6. The lowest BCUT2D eigenvalue weighted by molar-refractivity contribution is -0.142. The van der Waals surface area contributed by atoms with E-state index in [4.69, 9.17) is 5.11 Å². The molecule has 0 aromatic heterocycles. The van der Waals surface area contributed by atoms with Crippen LogP contribution < -0.4 is 21.3 Å². The summed E-state index contributed by atoms with van der Waals surface area (Å²) in [7, 11) is 0. The van der Waals surface area contributed by atoms with Crippen LogP contribution in [0.15, 0.2) is 0 Å². The second kappa shape index (κ2) is 11.1. The van der Waals surface area contributed by atoms with Gasteiger partial charge in [0.2, 0.25) is 17.7 Å². The standard InChI is InChI=1S/C17H30N4O5S/c1-4-9(2)13(16(24)20-12(8-27)17(25)26)21-14(22)10(3)19-15(23)11-6-5-7-18-11/h9-13,18,27H,4-8H2,1-3H3,(H,19,23)(H,20,24)(H,21,22)(H,25,26). The number of amides is 3. The van der Waals surface area contributed by atoms with Crippen molar-refractivity contribution >= 4 is 36.3 Å². The molecule has 0 bridgehead atoms. The number of carbonyl (C=O) groups is 4. The number of thiol groups is 1. The summed E-state index contributed by atoms with van der Waals surface area (Å²) in [4.78, 5) is 48.2. The summed E-state index contributed by atoms with van der Waals surface area (Å²) in [5, 5.41) is 19.8. The first kappa shape index (κ1) is 23.2. The highest BCUT2D eigenvalue weighted by Gasteiger charge is 2.31. The molecule has 5 N–H and O–H groups in total. The average Bonchev–Trinajstić information content (AvgIpc) is 3.17. The predicted octanol–water partition coefficient (Wildman–Crippen LogP) is -0.727. The first-order chi connectivity index (χ1) is 12.7. The lowest BCUT2D eigenvalue weighted by Crippen LogP contribution is -2.58. The van der Waals surface area contributed by atoms with Gasteiger partial charge < -0.3 is 26.4 Å². The van der Waals surface area contributed by atoms with E-state index in [2.05, 4.69) is 33.9 Å². The lowest BCUT2D eigenvalue weighted by atomic mass is 9.97. The summed E-state index contributed by atoms with van der Waals surface area (Å²) >= 11 is 3.92. The molecular formula is C17H30N4O5S. The van der Waals surface area contributed by atoms with Gasteiger partial charge in [-0.2, -0.15) is 12.6 Å². The highest BCUT2D eigenvalue weighted by Crippen LogP contribution is 2.10. The minimum absolute atomic E-state index is 0.0664. The zero-order chi connectivity index (χ0) is 20.6. The molecule has 154 valence electrons. The highest BCUT2D eigenvalue weighted by molar-refractivity contribution is 7.80. The van der Waals surface area contributed by atoms with Crippen molar-refractivity contribution in [2.75, 3.05) is 12.3 Å². The summed E-state index contributed by atoms with van der Waals surface area (Å²) in [6.07, 6.45) is 2.23. The molecule has 0 spiro atoms. The van der Waals surface area contributed by atoms with Crippen molar-refractivity contribution in [1.29, 1.82) is 0 Å². The van der Waals surface area contributed by atoms with Crippen molar-refractivity contribution in [3.63, 3.8) is 0 Å². The summed E-state index contributed by atoms with van der Waals surface area (Å²) in [5.74, 6) is -2.82. The van der Waals surface area contributed by atoms with Gasteiger partial charge in [0, 0.05) is 5.75 Å². The van der Waals surface area contributed by atoms with Crippen LogP contribution in [0.4, 0.5) is 0 Å². The summed E-state index contributed by atoms with van der Waals surface area (Å²) < 4.78 is 0. The van der Waals surface area contributed by atoms with E-state index < -0.39 is 35.9 Å². The fraction of sp³-hybridized carbons (Fsp3) is 0.765. The zero-order valence-electron chi connectivity index (χ0n) is 15.9. The van der Waals surface area contributed by atoms with Crippen molar-refractivity contribution in [1.82, 2.24) is 21.3 Å². The molecule has 1 saturated heterocycles. The van der Waals surface area contributed by atoms with E-state index >= 15 is 0 Å². The van der Waals surface area contributed by atoms with Crippen molar-refractivity contribution in [2.45, 2.75) is 64.2 Å². The first-order valence-electron chi connectivity index (χ1n) is 9.19. The Kier molecular flexibility index (Phi) is 9.57. The fourth-order valence-electron chi connectivity index (χ4n) is 2.72. The Morgan fingerprint density at radius 1 is 1.15 bits per heavy atom. The number of rotatable bonds is 10. The van der Waals surface area contributed by atoms with Crippen molar-refractivity contribution in [2.24, 2.45) is 5.92 Å². The number of carboxylic acids is 1. The molecule has 1 fully saturated rings. The van der Waals surface area contributed by atoms with E-state index in [-0.39, 0.29) is 23.6 Å². The largest absolute Gasteiger partial charge is 0.480 e. The minimum Gasteiger partial charge on any atom is -0.480 e. The number of hydrogen-bond acceptors (Lipinski definition) is 6. The van der Waals surface area contributed by atoms with E-state index in [1.807, 2.05) is 6.92 Å². The second-order valence-electron chi connectivity index (χ2n) is 6.83. The summed E-state index contributed by atoms with van der Waals surface area (Å²) in [6.45, 7) is 5.96. The maximum atomic E-state index is 12.5. The molecule has 5 atom stereocenters. The fourth-order valence-corrected chi connectivity index (χ4v) is 2.96. The summed E-state index contributed by atoms with van der Waals surface area (Å²) in [5.41, 5.74) is 0. The third kappa shape index (κ3) is 7.02. The topological polar surface area (TPSA) is 137 Å². The van der Waals surface area contributed by atoms with Gasteiger partial charge in [0.1, 0.15) is 18.1 Å². The quantitative estimate of drug-likeness (QED) is 0.267. The number of carboxylic acid groups (broad SMARTS) is 1. The molecule has 10 heteroatoms. The predicted molar refractivity (Wildman–Crippen MR) is 103 cm³/mol. The molecule has 1 aliphatic rings. The van der Waals surface area contributed by atoms with Crippen molar-refractivity contribution < 1.29 is 24.3 Å². The van der Waals surface area contributed by atoms with Gasteiger partial charge in [-0.25, -0.2) is 4.79 Å². The van der Waals surface area contributed by atoms with E-state index in [0.29, 0.717) is 6.42 Å². The van der Waals surface area contributed by atoms with Crippen LogP contribution in [0.1, 0.15) is 40.0 Å². The Hall–Kier alpha value is -1.81. The Bertz CT molecular complexity index is 553. The maximum absolute atomic E-state index is 12.5. The molecule has 9 nitrogen and oxygen atoms in total. The van der Waals surface area contributed by atoms with Crippen LogP contribution in [0.5, 0.6) is 0 Å². The van der Waals surface area contributed by atoms with Crippen LogP contribution in [0.2, 0.25) is 0 Å². The molecule has 0 aliphatic carbocycles. The van der Waals surface area contributed by atoms with E-state index in [9.17, 15) is 19.2 Å². The third-order valence-corrected chi connectivity index (χ3v) is 5.08. The lowest BCUT2D eigenvalue weighted by Gasteiger charge is -2.26. The normalized spacial score (nSPS) is 20.8. The number of aliphatic carboxylic acids is 1.